The van der Waals surface area contributed by atoms with Gasteiger partial charge in [0, 0.05) is 5.92 Å². The molecule has 94 valence electrons. The molecule has 0 spiro atoms. The highest BCUT2D eigenvalue weighted by molar-refractivity contribution is 5.78. The zero-order valence-electron chi connectivity index (χ0n) is 10.2. The number of aromatic hydroxyl groups is 1. The smallest absolute Gasteiger partial charge is 0.222 e. The number of aliphatic hydroxyl groups excluding tert-OH is 1. The number of carbonyl (C=O) groups is 1. The van der Waals surface area contributed by atoms with Crippen LogP contribution in [0.4, 0.5) is 0 Å². The van der Waals surface area contributed by atoms with Crippen molar-refractivity contribution in [2.45, 2.75) is 26.3 Å². The molecule has 1 atom stereocenters. The Kier molecular flexibility index (Phi) is 4.97. The number of amides is 1. The lowest BCUT2D eigenvalue weighted by Crippen LogP contribution is -2.41. The van der Waals surface area contributed by atoms with Crippen molar-refractivity contribution < 1.29 is 15.0 Å². The summed E-state index contributed by atoms with van der Waals surface area (Å²) in [6.45, 7) is 3.52. The van der Waals surface area contributed by atoms with Crippen LogP contribution in [0.15, 0.2) is 24.3 Å². The molecule has 1 amide bonds. The number of benzene rings is 1. The van der Waals surface area contributed by atoms with Crippen molar-refractivity contribution in [3.8, 4) is 5.75 Å². The second-order valence-electron chi connectivity index (χ2n) is 4.41. The van der Waals surface area contributed by atoms with Gasteiger partial charge < -0.3 is 15.5 Å². The van der Waals surface area contributed by atoms with E-state index in [1.807, 2.05) is 13.8 Å². The summed E-state index contributed by atoms with van der Waals surface area (Å²) in [6.07, 6.45) is 0.551. The molecule has 0 aliphatic rings. The average molecular weight is 237 g/mol. The van der Waals surface area contributed by atoms with Crippen LogP contribution in [0.2, 0.25) is 0 Å². The minimum Gasteiger partial charge on any atom is -0.508 e. The molecule has 0 heterocycles. The zero-order chi connectivity index (χ0) is 12.8. The lowest BCUT2D eigenvalue weighted by molar-refractivity contribution is -0.125. The molecule has 1 aromatic carbocycles. The van der Waals surface area contributed by atoms with Gasteiger partial charge in [0.25, 0.3) is 0 Å². The normalized spacial score (nSPS) is 12.5. The Labute approximate surface area is 101 Å². The van der Waals surface area contributed by atoms with Crippen LogP contribution in [0, 0.1) is 5.92 Å². The fourth-order valence-corrected chi connectivity index (χ4v) is 1.45. The van der Waals surface area contributed by atoms with E-state index >= 15 is 0 Å². The molecular formula is C13H19NO3. The van der Waals surface area contributed by atoms with E-state index < -0.39 is 0 Å². The summed E-state index contributed by atoms with van der Waals surface area (Å²) in [5, 5.41) is 21.1. The average Bonchev–Trinajstić information content (AvgIpc) is 2.30. The standard InChI is InChI=1S/C13H19NO3/c1-9(2)13(17)14-11(8-15)7-10-3-5-12(16)6-4-10/h3-6,9,11,15-16H,7-8H2,1-2H3,(H,14,17)/t11-/m1/s1. The number of hydrogen-bond donors (Lipinski definition) is 3. The Hall–Kier alpha value is -1.55. The van der Waals surface area contributed by atoms with Gasteiger partial charge in [-0.2, -0.15) is 0 Å². The van der Waals surface area contributed by atoms with E-state index in [2.05, 4.69) is 5.32 Å². The third-order valence-electron chi connectivity index (χ3n) is 2.51. The molecule has 0 saturated carbocycles. The first-order valence-corrected chi connectivity index (χ1v) is 5.72. The quantitative estimate of drug-likeness (QED) is 0.717. The fraction of sp³-hybridized carbons (Fsp3) is 0.462. The molecular weight excluding hydrogens is 218 g/mol. The first-order chi connectivity index (χ1) is 8.02. The fourth-order valence-electron chi connectivity index (χ4n) is 1.45. The number of nitrogens with one attached hydrogen (secondary N) is 1. The van der Waals surface area contributed by atoms with Gasteiger partial charge in [-0.05, 0) is 24.1 Å². The third-order valence-corrected chi connectivity index (χ3v) is 2.51. The highest BCUT2D eigenvalue weighted by Crippen LogP contribution is 2.11. The molecule has 3 N–H and O–H groups in total. The van der Waals surface area contributed by atoms with Crippen LogP contribution in [-0.4, -0.2) is 28.8 Å². The molecule has 0 fully saturated rings. The van der Waals surface area contributed by atoms with Crippen LogP contribution in [0.25, 0.3) is 0 Å². The van der Waals surface area contributed by atoms with Crippen molar-refractivity contribution in [2.75, 3.05) is 6.61 Å². The lowest BCUT2D eigenvalue weighted by Gasteiger charge is -2.17. The summed E-state index contributed by atoms with van der Waals surface area (Å²) < 4.78 is 0. The van der Waals surface area contributed by atoms with E-state index in [4.69, 9.17) is 5.11 Å². The van der Waals surface area contributed by atoms with Gasteiger partial charge in [-0.3, -0.25) is 4.79 Å². The van der Waals surface area contributed by atoms with E-state index in [1.165, 1.54) is 0 Å². The van der Waals surface area contributed by atoms with Crippen LogP contribution < -0.4 is 5.32 Å². The highest BCUT2D eigenvalue weighted by atomic mass is 16.3. The summed E-state index contributed by atoms with van der Waals surface area (Å²) in [6, 6.07) is 6.45. The van der Waals surface area contributed by atoms with Crippen molar-refractivity contribution in [1.82, 2.24) is 5.32 Å². The molecule has 4 heteroatoms. The van der Waals surface area contributed by atoms with Crippen LogP contribution in [0.5, 0.6) is 5.75 Å². The van der Waals surface area contributed by atoms with Gasteiger partial charge in [0.2, 0.25) is 5.91 Å². The lowest BCUT2D eigenvalue weighted by atomic mass is 10.1. The van der Waals surface area contributed by atoms with Crippen molar-refractivity contribution >= 4 is 5.91 Å². The Balaban J connectivity index is 2.57. The van der Waals surface area contributed by atoms with Crippen molar-refractivity contribution in [1.29, 1.82) is 0 Å². The Morgan fingerprint density at radius 3 is 2.35 bits per heavy atom. The molecule has 1 aromatic rings. The Morgan fingerprint density at radius 2 is 1.88 bits per heavy atom. The molecule has 17 heavy (non-hydrogen) atoms. The van der Waals surface area contributed by atoms with Crippen molar-refractivity contribution in [3.63, 3.8) is 0 Å². The monoisotopic (exact) mass is 237 g/mol. The minimum absolute atomic E-state index is 0.0668. The Bertz CT molecular complexity index is 359. The first-order valence-electron chi connectivity index (χ1n) is 5.72. The van der Waals surface area contributed by atoms with E-state index in [0.717, 1.165) is 5.56 Å². The molecule has 0 bridgehead atoms. The van der Waals surface area contributed by atoms with Crippen LogP contribution >= 0.6 is 0 Å². The molecule has 0 saturated heterocycles. The van der Waals surface area contributed by atoms with Crippen LogP contribution in [0.3, 0.4) is 0 Å². The van der Waals surface area contributed by atoms with Gasteiger partial charge in [-0.15, -0.1) is 0 Å². The maximum absolute atomic E-state index is 11.5. The van der Waals surface area contributed by atoms with Gasteiger partial charge in [0.1, 0.15) is 5.75 Å². The topological polar surface area (TPSA) is 69.6 Å². The SMILES string of the molecule is CC(C)C(=O)N[C@@H](CO)Cc1ccc(O)cc1. The summed E-state index contributed by atoms with van der Waals surface area (Å²) in [7, 11) is 0. The highest BCUT2D eigenvalue weighted by Gasteiger charge is 2.14. The second-order valence-corrected chi connectivity index (χ2v) is 4.41. The summed E-state index contributed by atoms with van der Waals surface area (Å²) in [4.78, 5) is 11.5. The van der Waals surface area contributed by atoms with Crippen LogP contribution in [-0.2, 0) is 11.2 Å². The predicted molar refractivity (Wildman–Crippen MR) is 65.7 cm³/mol. The summed E-state index contributed by atoms with van der Waals surface area (Å²) >= 11 is 0. The van der Waals surface area contributed by atoms with Gasteiger partial charge in [0.05, 0.1) is 12.6 Å². The number of carbonyl (C=O) groups excluding carboxylic acids is 1. The number of phenolic OH excluding ortho intramolecular Hbond substituents is 1. The molecule has 0 aliphatic carbocycles. The van der Waals surface area contributed by atoms with E-state index in [-0.39, 0.29) is 30.2 Å². The molecule has 0 radical (unpaired) electrons. The maximum atomic E-state index is 11.5. The molecule has 0 aliphatic heterocycles. The second kappa shape index (κ2) is 6.25. The Morgan fingerprint density at radius 1 is 1.29 bits per heavy atom. The first kappa shape index (κ1) is 13.5. The summed E-state index contributed by atoms with van der Waals surface area (Å²) in [5.74, 6) is 0.0483. The van der Waals surface area contributed by atoms with Gasteiger partial charge in [-0.1, -0.05) is 26.0 Å². The number of phenols is 1. The molecule has 0 unspecified atom stereocenters. The van der Waals surface area contributed by atoms with E-state index in [1.54, 1.807) is 24.3 Å². The largest absolute Gasteiger partial charge is 0.508 e. The predicted octanol–water partition coefficient (Wildman–Crippen LogP) is 1.07. The molecule has 0 aromatic heterocycles. The summed E-state index contributed by atoms with van der Waals surface area (Å²) in [5.41, 5.74) is 0.964. The van der Waals surface area contributed by atoms with Crippen LogP contribution in [0.1, 0.15) is 19.4 Å². The maximum Gasteiger partial charge on any atom is 0.222 e. The minimum atomic E-state index is -0.283. The molecule has 1 rings (SSSR count). The van der Waals surface area contributed by atoms with E-state index in [0.29, 0.717) is 6.42 Å². The van der Waals surface area contributed by atoms with Gasteiger partial charge in [-0.25, -0.2) is 0 Å². The van der Waals surface area contributed by atoms with Crippen molar-refractivity contribution in [2.24, 2.45) is 5.92 Å². The van der Waals surface area contributed by atoms with Crippen molar-refractivity contribution in [3.05, 3.63) is 29.8 Å². The third kappa shape index (κ3) is 4.44. The van der Waals surface area contributed by atoms with E-state index in [9.17, 15) is 9.90 Å². The number of hydrogen-bond acceptors (Lipinski definition) is 3. The van der Waals surface area contributed by atoms with Gasteiger partial charge in [0.15, 0.2) is 0 Å². The molecule has 4 nitrogen and oxygen atoms in total. The number of rotatable bonds is 5. The zero-order valence-corrected chi connectivity index (χ0v) is 10.2. The number of aliphatic hydroxyl groups is 1. The van der Waals surface area contributed by atoms with Gasteiger partial charge >= 0.3 is 0 Å².